The van der Waals surface area contributed by atoms with Gasteiger partial charge in [0.25, 0.3) is 0 Å². The van der Waals surface area contributed by atoms with E-state index < -0.39 is 0 Å². The summed E-state index contributed by atoms with van der Waals surface area (Å²) in [5.74, 6) is 0. The van der Waals surface area contributed by atoms with Crippen LogP contribution in [0.15, 0.2) is 12.4 Å². The second kappa shape index (κ2) is 1.73. The maximum atomic E-state index is 5.29. The summed E-state index contributed by atoms with van der Waals surface area (Å²) in [6, 6.07) is 0. The summed E-state index contributed by atoms with van der Waals surface area (Å²) in [6.45, 7) is 0. The van der Waals surface area contributed by atoms with E-state index in [9.17, 15) is 0 Å². The van der Waals surface area contributed by atoms with Crippen molar-refractivity contribution < 1.29 is 4.84 Å². The van der Waals surface area contributed by atoms with E-state index in [0.29, 0.717) is 5.69 Å². The molecular formula is C4H7N3O. The first-order valence-corrected chi connectivity index (χ1v) is 2.17. The van der Waals surface area contributed by atoms with Crippen LogP contribution in [-0.2, 0) is 0 Å². The Labute approximate surface area is 46.8 Å². The second-order valence-corrected chi connectivity index (χ2v) is 1.36. The molecule has 4 heteroatoms. The van der Waals surface area contributed by atoms with E-state index in [-0.39, 0.29) is 0 Å². The largest absolute Gasteiger partial charge is 0.400 e. The molecule has 44 valence electrons. The first-order chi connectivity index (χ1) is 3.83. The first kappa shape index (κ1) is 4.96. The molecule has 0 saturated heterocycles. The van der Waals surface area contributed by atoms with E-state index in [1.165, 1.54) is 18.2 Å². The summed E-state index contributed by atoms with van der Waals surface area (Å²) in [5, 5.41) is 3.70. The third kappa shape index (κ3) is 0.726. The molecule has 0 spiro atoms. The van der Waals surface area contributed by atoms with E-state index in [2.05, 4.69) is 9.94 Å². The molecule has 8 heavy (non-hydrogen) atoms. The molecular weight excluding hydrogens is 106 g/mol. The molecule has 0 fully saturated rings. The highest BCUT2D eigenvalue weighted by Gasteiger charge is 1.87. The summed E-state index contributed by atoms with van der Waals surface area (Å²) in [7, 11) is 1.52. The highest BCUT2D eigenvalue weighted by atomic mass is 16.7. The van der Waals surface area contributed by atoms with Gasteiger partial charge in [-0.15, -0.1) is 9.94 Å². The van der Waals surface area contributed by atoms with Gasteiger partial charge in [0.05, 0.1) is 18.1 Å². The second-order valence-electron chi connectivity index (χ2n) is 1.36. The van der Waals surface area contributed by atoms with Gasteiger partial charge in [0.15, 0.2) is 0 Å². The Morgan fingerprint density at radius 1 is 1.88 bits per heavy atom. The molecule has 1 rings (SSSR count). The lowest BCUT2D eigenvalue weighted by atomic mass is 10.6. The lowest BCUT2D eigenvalue weighted by molar-refractivity contribution is 0.134. The highest BCUT2D eigenvalue weighted by molar-refractivity contribution is 5.29. The normalized spacial score (nSPS) is 9.12. The first-order valence-electron chi connectivity index (χ1n) is 2.17. The van der Waals surface area contributed by atoms with Crippen molar-refractivity contribution in [1.82, 2.24) is 9.94 Å². The SMILES string of the molecule is COn1cc(N)cn1. The Kier molecular flexibility index (Phi) is 1.07. The molecule has 0 radical (unpaired) electrons. The van der Waals surface area contributed by atoms with Crippen LogP contribution in [0.4, 0.5) is 5.69 Å². The maximum absolute atomic E-state index is 5.29. The molecule has 0 aliphatic heterocycles. The summed E-state index contributed by atoms with van der Waals surface area (Å²) < 4.78 is 0. The predicted molar refractivity (Wildman–Crippen MR) is 29.1 cm³/mol. The van der Waals surface area contributed by atoms with Gasteiger partial charge in [-0.05, 0) is 0 Å². The van der Waals surface area contributed by atoms with Crippen molar-refractivity contribution in [3.8, 4) is 0 Å². The third-order valence-corrected chi connectivity index (χ3v) is 0.767. The number of nitrogen functional groups attached to an aromatic ring is 1. The van der Waals surface area contributed by atoms with E-state index in [1.54, 1.807) is 6.20 Å². The van der Waals surface area contributed by atoms with Gasteiger partial charge in [-0.25, -0.2) is 0 Å². The van der Waals surface area contributed by atoms with Crippen LogP contribution in [0.2, 0.25) is 0 Å². The quantitative estimate of drug-likeness (QED) is 0.535. The Bertz CT molecular complexity index is 172. The fourth-order valence-electron chi connectivity index (χ4n) is 0.418. The molecule has 1 heterocycles. The maximum Gasteiger partial charge on any atom is 0.106 e. The summed E-state index contributed by atoms with van der Waals surface area (Å²) in [6.07, 6.45) is 3.10. The average molecular weight is 113 g/mol. The lowest BCUT2D eigenvalue weighted by Crippen LogP contribution is -2.04. The van der Waals surface area contributed by atoms with Crippen LogP contribution in [-0.4, -0.2) is 17.1 Å². The number of aromatic nitrogens is 2. The van der Waals surface area contributed by atoms with E-state index in [1.807, 2.05) is 0 Å². The average Bonchev–Trinajstić information content (AvgIpc) is 2.14. The fourth-order valence-corrected chi connectivity index (χ4v) is 0.418. The summed E-state index contributed by atoms with van der Waals surface area (Å²) >= 11 is 0. The zero-order valence-electron chi connectivity index (χ0n) is 4.53. The van der Waals surface area contributed by atoms with E-state index in [4.69, 9.17) is 5.73 Å². The van der Waals surface area contributed by atoms with Crippen molar-refractivity contribution in [3.05, 3.63) is 12.4 Å². The van der Waals surface area contributed by atoms with E-state index in [0.717, 1.165) is 0 Å². The van der Waals surface area contributed by atoms with Gasteiger partial charge in [0, 0.05) is 0 Å². The number of rotatable bonds is 1. The smallest absolute Gasteiger partial charge is 0.106 e. The van der Waals surface area contributed by atoms with Gasteiger partial charge in [-0.2, -0.15) is 0 Å². The minimum Gasteiger partial charge on any atom is -0.400 e. The Morgan fingerprint density at radius 2 is 2.62 bits per heavy atom. The van der Waals surface area contributed by atoms with Crippen molar-refractivity contribution in [2.45, 2.75) is 0 Å². The Balaban J connectivity index is 2.84. The molecule has 1 aromatic rings. The third-order valence-electron chi connectivity index (χ3n) is 0.767. The van der Waals surface area contributed by atoms with Crippen LogP contribution in [0, 0.1) is 0 Å². The van der Waals surface area contributed by atoms with Crippen LogP contribution in [0.5, 0.6) is 0 Å². The van der Waals surface area contributed by atoms with Gasteiger partial charge < -0.3 is 10.6 Å². The lowest BCUT2D eigenvalue weighted by Gasteiger charge is -1.91. The molecule has 0 bridgehead atoms. The van der Waals surface area contributed by atoms with Crippen LogP contribution in [0.25, 0.3) is 0 Å². The van der Waals surface area contributed by atoms with Crippen LogP contribution >= 0.6 is 0 Å². The van der Waals surface area contributed by atoms with Crippen molar-refractivity contribution in [1.29, 1.82) is 0 Å². The molecule has 0 aliphatic rings. The zero-order valence-corrected chi connectivity index (χ0v) is 4.53. The molecule has 0 aromatic carbocycles. The van der Waals surface area contributed by atoms with Gasteiger partial charge in [0.1, 0.15) is 7.11 Å². The van der Waals surface area contributed by atoms with Crippen molar-refractivity contribution in [2.75, 3.05) is 12.8 Å². The fraction of sp³-hybridized carbons (Fsp3) is 0.250. The minimum atomic E-state index is 0.604. The van der Waals surface area contributed by atoms with Crippen molar-refractivity contribution in [3.63, 3.8) is 0 Å². The van der Waals surface area contributed by atoms with Gasteiger partial charge in [-0.3, -0.25) is 0 Å². The molecule has 0 unspecified atom stereocenters. The van der Waals surface area contributed by atoms with Crippen LogP contribution in [0.1, 0.15) is 0 Å². The number of hydrogen-bond acceptors (Lipinski definition) is 3. The standard InChI is InChI=1S/C4H7N3O/c1-8-7-3-4(5)2-6-7/h2-3H,5H2,1H3. The van der Waals surface area contributed by atoms with Gasteiger partial charge in [0.2, 0.25) is 0 Å². The predicted octanol–water partition coefficient (Wildman–Crippen LogP) is -0.476. The molecule has 0 saturated carbocycles. The Hall–Kier alpha value is -1.19. The summed E-state index contributed by atoms with van der Waals surface area (Å²) in [5.41, 5.74) is 5.89. The van der Waals surface area contributed by atoms with Crippen molar-refractivity contribution >= 4 is 5.69 Å². The topological polar surface area (TPSA) is 53.1 Å². The minimum absolute atomic E-state index is 0.604. The van der Waals surface area contributed by atoms with Crippen molar-refractivity contribution in [2.24, 2.45) is 0 Å². The van der Waals surface area contributed by atoms with Crippen LogP contribution in [0.3, 0.4) is 0 Å². The highest BCUT2D eigenvalue weighted by Crippen LogP contribution is 1.93. The zero-order chi connectivity index (χ0) is 5.98. The van der Waals surface area contributed by atoms with Gasteiger partial charge >= 0.3 is 0 Å². The molecule has 2 N–H and O–H groups in total. The van der Waals surface area contributed by atoms with E-state index >= 15 is 0 Å². The summed E-state index contributed by atoms with van der Waals surface area (Å²) in [4.78, 5) is 5.95. The Morgan fingerprint density at radius 3 is 2.88 bits per heavy atom. The number of nitrogens with zero attached hydrogens (tertiary/aromatic N) is 2. The molecule has 1 aromatic heterocycles. The monoisotopic (exact) mass is 113 g/mol. The molecule has 4 nitrogen and oxygen atoms in total. The molecule has 0 atom stereocenters. The number of nitrogens with two attached hydrogens (primary N) is 1. The molecule has 0 amide bonds. The van der Waals surface area contributed by atoms with Gasteiger partial charge in [-0.1, -0.05) is 0 Å². The molecule has 0 aliphatic carbocycles. The number of hydrogen-bond donors (Lipinski definition) is 1. The number of anilines is 1. The van der Waals surface area contributed by atoms with Crippen LogP contribution < -0.4 is 10.6 Å².